The number of imidazole rings is 1. The Morgan fingerprint density at radius 1 is 0.590 bits per heavy atom. The largest absolute Gasteiger partial charge is 0.489 e. The van der Waals surface area contributed by atoms with Crippen molar-refractivity contribution in [1.82, 2.24) is 9.55 Å². The first-order chi connectivity index (χ1) is 18.8. The molecule has 0 unspecified atom stereocenters. The van der Waals surface area contributed by atoms with E-state index >= 15 is 0 Å². The summed E-state index contributed by atoms with van der Waals surface area (Å²) in [7, 11) is 2.10. The van der Waals surface area contributed by atoms with Crippen LogP contribution < -0.4 is 4.74 Å². The highest BCUT2D eigenvalue weighted by Crippen LogP contribution is 2.39. The second kappa shape index (κ2) is 11.7. The van der Waals surface area contributed by atoms with Gasteiger partial charge >= 0.3 is 0 Å². The van der Waals surface area contributed by atoms with Crippen molar-refractivity contribution < 1.29 is 4.74 Å². The van der Waals surface area contributed by atoms with E-state index < -0.39 is 0 Å². The lowest BCUT2D eigenvalue weighted by molar-refractivity contribution is 0.306. The molecule has 0 aliphatic heterocycles. The second-order valence-electron chi connectivity index (χ2n) is 9.27. The van der Waals surface area contributed by atoms with Gasteiger partial charge in [0.1, 0.15) is 18.2 Å². The van der Waals surface area contributed by atoms with Crippen LogP contribution in [0.5, 0.6) is 5.75 Å². The molecule has 1 heterocycles. The minimum Gasteiger partial charge on any atom is -0.489 e. The third-order valence-electron chi connectivity index (χ3n) is 6.75. The van der Waals surface area contributed by atoms with Crippen molar-refractivity contribution in [1.29, 1.82) is 0 Å². The number of aromatic nitrogens is 2. The van der Waals surface area contributed by atoms with Crippen molar-refractivity contribution in [3.8, 4) is 50.8 Å². The summed E-state index contributed by atoms with van der Waals surface area (Å²) in [5.41, 5.74) is 8.75. The van der Waals surface area contributed by atoms with Gasteiger partial charge in [-0.1, -0.05) is 135 Å². The summed E-state index contributed by atoms with van der Waals surface area (Å²) in [5, 5.41) is 0. The molecule has 1 aromatic heterocycles. The molecule has 0 fully saturated rings. The van der Waals surface area contributed by atoms with E-state index in [0.29, 0.717) is 6.61 Å². The third kappa shape index (κ3) is 5.39. The molecule has 6 aromatic rings. The molecule has 5 aromatic carbocycles. The standard InChI is InChI=1S/C35H28N2O.CH4/c1-37-34(28-18-9-4-10-19-28)33(27-16-7-3-8-17-27)36-35(37)32-23-12-11-22-31(32)29-20-13-21-30(24-29)38-25-26-14-5-2-6-15-26;/h2-24H,25H2,1H3;1H4. The fourth-order valence-corrected chi connectivity index (χ4v) is 4.89. The summed E-state index contributed by atoms with van der Waals surface area (Å²) in [6.45, 7) is 0.534. The number of rotatable bonds is 7. The Labute approximate surface area is 231 Å². The van der Waals surface area contributed by atoms with Crippen molar-refractivity contribution in [2.45, 2.75) is 14.0 Å². The molecule has 6 rings (SSSR count). The lowest BCUT2D eigenvalue weighted by Crippen LogP contribution is -1.98. The molecule has 39 heavy (non-hydrogen) atoms. The zero-order valence-corrected chi connectivity index (χ0v) is 21.3. The van der Waals surface area contributed by atoms with Gasteiger partial charge in [-0.25, -0.2) is 4.98 Å². The second-order valence-corrected chi connectivity index (χ2v) is 9.27. The first kappa shape index (κ1) is 25.7. The smallest absolute Gasteiger partial charge is 0.141 e. The topological polar surface area (TPSA) is 27.1 Å². The molecular weight excluding hydrogens is 476 g/mol. The number of hydrogen-bond donors (Lipinski definition) is 0. The van der Waals surface area contributed by atoms with E-state index in [0.717, 1.165) is 56.3 Å². The predicted octanol–water partition coefficient (Wildman–Crippen LogP) is 9.30. The third-order valence-corrected chi connectivity index (χ3v) is 6.75. The van der Waals surface area contributed by atoms with E-state index in [-0.39, 0.29) is 7.43 Å². The van der Waals surface area contributed by atoms with E-state index in [4.69, 9.17) is 9.72 Å². The van der Waals surface area contributed by atoms with Gasteiger partial charge in [-0.2, -0.15) is 0 Å². The first-order valence-electron chi connectivity index (χ1n) is 12.8. The molecule has 0 amide bonds. The molecular formula is C36H32N2O. The van der Waals surface area contributed by atoms with Crippen LogP contribution in [-0.4, -0.2) is 9.55 Å². The van der Waals surface area contributed by atoms with E-state index in [1.54, 1.807) is 0 Å². The van der Waals surface area contributed by atoms with E-state index in [9.17, 15) is 0 Å². The minimum atomic E-state index is 0. The van der Waals surface area contributed by atoms with Gasteiger partial charge in [0.25, 0.3) is 0 Å². The number of benzene rings is 5. The molecule has 192 valence electrons. The summed E-state index contributed by atoms with van der Waals surface area (Å²) in [4.78, 5) is 5.24. The molecule has 0 aliphatic rings. The van der Waals surface area contributed by atoms with Crippen LogP contribution in [0.2, 0.25) is 0 Å². The highest BCUT2D eigenvalue weighted by Gasteiger charge is 2.21. The van der Waals surface area contributed by atoms with E-state index in [2.05, 4.69) is 115 Å². The molecule has 0 aliphatic carbocycles. The average molecular weight is 509 g/mol. The summed E-state index contributed by atoms with van der Waals surface area (Å²) in [6, 6.07) is 47.9. The fraction of sp³-hybridized carbons (Fsp3) is 0.0833. The number of hydrogen-bond acceptors (Lipinski definition) is 2. The molecule has 0 spiro atoms. The van der Waals surface area contributed by atoms with Gasteiger partial charge in [-0.15, -0.1) is 0 Å². The maximum Gasteiger partial charge on any atom is 0.141 e. The van der Waals surface area contributed by atoms with Crippen molar-refractivity contribution in [3.05, 3.63) is 145 Å². The Hall–Kier alpha value is -4.89. The number of ether oxygens (including phenoxy) is 1. The Balaban J connectivity index is 0.00000308. The van der Waals surface area contributed by atoms with E-state index in [1.165, 1.54) is 0 Å². The molecule has 0 radical (unpaired) electrons. The van der Waals surface area contributed by atoms with Crippen LogP contribution >= 0.6 is 0 Å². The predicted molar refractivity (Wildman–Crippen MR) is 162 cm³/mol. The van der Waals surface area contributed by atoms with Gasteiger partial charge in [-0.3, -0.25) is 0 Å². The van der Waals surface area contributed by atoms with Gasteiger partial charge in [-0.05, 0) is 28.8 Å². The van der Waals surface area contributed by atoms with Gasteiger partial charge in [0.2, 0.25) is 0 Å². The zero-order valence-electron chi connectivity index (χ0n) is 21.3. The molecule has 0 saturated carbocycles. The monoisotopic (exact) mass is 508 g/mol. The lowest BCUT2D eigenvalue weighted by Gasteiger charge is -2.13. The van der Waals surface area contributed by atoms with Crippen molar-refractivity contribution >= 4 is 0 Å². The Bertz CT molecular complexity index is 1660. The summed E-state index contributed by atoms with van der Waals surface area (Å²) >= 11 is 0. The van der Waals surface area contributed by atoms with Crippen molar-refractivity contribution in [2.24, 2.45) is 7.05 Å². The zero-order chi connectivity index (χ0) is 25.7. The SMILES string of the molecule is C.Cn1c(-c2ccccc2-c2cccc(OCc3ccccc3)c2)nc(-c2ccccc2)c1-c1ccccc1. The van der Waals surface area contributed by atoms with Crippen molar-refractivity contribution in [2.75, 3.05) is 0 Å². The van der Waals surface area contributed by atoms with Gasteiger partial charge < -0.3 is 9.30 Å². The van der Waals surface area contributed by atoms with Crippen LogP contribution in [0.3, 0.4) is 0 Å². The Morgan fingerprint density at radius 2 is 1.15 bits per heavy atom. The molecule has 0 saturated heterocycles. The van der Waals surface area contributed by atoms with Crippen LogP contribution in [0.4, 0.5) is 0 Å². The summed E-state index contributed by atoms with van der Waals surface area (Å²) in [5.74, 6) is 1.77. The van der Waals surface area contributed by atoms with Crippen LogP contribution in [0, 0.1) is 0 Å². The minimum absolute atomic E-state index is 0. The van der Waals surface area contributed by atoms with Crippen molar-refractivity contribution in [3.63, 3.8) is 0 Å². The summed E-state index contributed by atoms with van der Waals surface area (Å²) < 4.78 is 8.36. The molecule has 0 atom stereocenters. The first-order valence-corrected chi connectivity index (χ1v) is 12.8. The van der Waals surface area contributed by atoms with Crippen LogP contribution in [-0.2, 0) is 13.7 Å². The molecule has 0 bridgehead atoms. The highest BCUT2D eigenvalue weighted by molar-refractivity contribution is 5.87. The highest BCUT2D eigenvalue weighted by atomic mass is 16.5. The molecule has 3 heteroatoms. The van der Waals surface area contributed by atoms with Crippen LogP contribution in [0.25, 0.3) is 45.0 Å². The lowest BCUT2D eigenvalue weighted by atomic mass is 9.99. The maximum atomic E-state index is 6.14. The van der Waals surface area contributed by atoms with Crippen LogP contribution in [0.1, 0.15) is 13.0 Å². The van der Waals surface area contributed by atoms with Crippen LogP contribution in [0.15, 0.2) is 140 Å². The van der Waals surface area contributed by atoms with Gasteiger partial charge in [0.05, 0.1) is 11.4 Å². The maximum absolute atomic E-state index is 6.14. The number of nitrogens with zero attached hydrogens (tertiary/aromatic N) is 2. The average Bonchev–Trinajstić information content (AvgIpc) is 3.34. The molecule has 3 nitrogen and oxygen atoms in total. The van der Waals surface area contributed by atoms with E-state index in [1.807, 2.05) is 36.4 Å². The fourth-order valence-electron chi connectivity index (χ4n) is 4.89. The Kier molecular flexibility index (Phi) is 7.70. The Morgan fingerprint density at radius 3 is 1.85 bits per heavy atom. The van der Waals surface area contributed by atoms with Gasteiger partial charge in [0, 0.05) is 23.7 Å². The normalized spacial score (nSPS) is 10.6. The molecule has 0 N–H and O–H groups in total. The summed E-state index contributed by atoms with van der Waals surface area (Å²) in [6.07, 6.45) is 0. The quantitative estimate of drug-likeness (QED) is 0.215. The van der Waals surface area contributed by atoms with Gasteiger partial charge in [0.15, 0.2) is 0 Å².